The Morgan fingerprint density at radius 1 is 1.00 bits per heavy atom. The van der Waals surface area contributed by atoms with Crippen molar-refractivity contribution in [2.75, 3.05) is 5.32 Å². The van der Waals surface area contributed by atoms with Gasteiger partial charge in [0.25, 0.3) is 5.91 Å². The summed E-state index contributed by atoms with van der Waals surface area (Å²) >= 11 is 0. The van der Waals surface area contributed by atoms with Crippen LogP contribution in [0.25, 0.3) is 0 Å². The zero-order valence-corrected chi connectivity index (χ0v) is 12.4. The number of aryl methyl sites for hydroxylation is 1. The van der Waals surface area contributed by atoms with Gasteiger partial charge < -0.3 is 5.32 Å². The van der Waals surface area contributed by atoms with E-state index >= 15 is 0 Å². The molecule has 0 aliphatic rings. The first-order valence-corrected chi connectivity index (χ1v) is 6.52. The molecule has 0 fully saturated rings. The van der Waals surface area contributed by atoms with E-state index in [1.807, 2.05) is 0 Å². The third kappa shape index (κ3) is 3.69. The molecule has 4 nitrogen and oxygen atoms in total. The highest BCUT2D eigenvalue weighted by Gasteiger charge is 2.37. The molecule has 0 bridgehead atoms. The van der Waals surface area contributed by atoms with Gasteiger partial charge in [-0.3, -0.25) is 9.89 Å². The minimum absolute atomic E-state index is 0.0310. The minimum atomic E-state index is -5.02. The maximum absolute atomic E-state index is 12.8. The predicted molar refractivity (Wildman–Crippen MR) is 72.5 cm³/mol. The van der Waals surface area contributed by atoms with Gasteiger partial charge in [-0.05, 0) is 32.0 Å². The zero-order chi connectivity index (χ0) is 18.3. The first-order chi connectivity index (χ1) is 10.9. The average Bonchev–Trinajstić information content (AvgIpc) is 2.77. The lowest BCUT2D eigenvalue weighted by Gasteiger charge is -2.14. The minimum Gasteiger partial charge on any atom is -0.305 e. The number of hydrogen-bond acceptors (Lipinski definition) is 2. The van der Waals surface area contributed by atoms with Crippen LogP contribution in [0.1, 0.15) is 32.7 Å². The zero-order valence-electron chi connectivity index (χ0n) is 12.4. The van der Waals surface area contributed by atoms with Crippen molar-refractivity contribution in [3.05, 3.63) is 46.1 Å². The van der Waals surface area contributed by atoms with Gasteiger partial charge in [0.15, 0.2) is 5.82 Å². The number of anilines is 1. The monoisotopic (exact) mass is 351 g/mol. The highest BCUT2D eigenvalue weighted by Crippen LogP contribution is 2.36. The van der Waals surface area contributed by atoms with Crippen LogP contribution < -0.4 is 5.32 Å². The van der Waals surface area contributed by atoms with Gasteiger partial charge in [-0.2, -0.15) is 31.4 Å². The second kappa shape index (κ2) is 5.84. The molecule has 0 spiro atoms. The van der Waals surface area contributed by atoms with Crippen molar-refractivity contribution in [3.63, 3.8) is 0 Å². The van der Waals surface area contributed by atoms with Gasteiger partial charge in [0.2, 0.25) is 0 Å². The van der Waals surface area contributed by atoms with E-state index in [1.165, 1.54) is 0 Å². The predicted octanol–water partition coefficient (Wildman–Crippen LogP) is 4.32. The van der Waals surface area contributed by atoms with E-state index in [-0.39, 0.29) is 11.9 Å². The van der Waals surface area contributed by atoms with E-state index in [4.69, 9.17) is 0 Å². The molecule has 1 aromatic carbocycles. The molecular formula is C14H11F6N3O. The molecule has 0 saturated carbocycles. The van der Waals surface area contributed by atoms with Crippen molar-refractivity contribution in [2.24, 2.45) is 0 Å². The van der Waals surface area contributed by atoms with Gasteiger partial charge in [0, 0.05) is 16.8 Å². The second-order valence-electron chi connectivity index (χ2n) is 5.07. The number of hydrogen-bond donors (Lipinski definition) is 2. The molecule has 10 heteroatoms. The molecule has 1 amide bonds. The highest BCUT2D eigenvalue weighted by molar-refractivity contribution is 6.04. The Bertz CT molecular complexity index is 744. The summed E-state index contributed by atoms with van der Waals surface area (Å²) in [6.45, 7) is 3.23. The van der Waals surface area contributed by atoms with Crippen molar-refractivity contribution in [2.45, 2.75) is 26.2 Å². The number of carbonyl (C=O) groups excluding carboxylic acids is 1. The number of amides is 1. The Morgan fingerprint density at radius 2 is 1.50 bits per heavy atom. The fraction of sp³-hybridized carbons (Fsp3) is 0.286. The van der Waals surface area contributed by atoms with Crippen LogP contribution in [0.3, 0.4) is 0 Å². The summed E-state index contributed by atoms with van der Waals surface area (Å²) in [7, 11) is 0. The SMILES string of the molecule is Cc1[nH]nc(NC(=O)c2cc(C(F)(F)F)cc(C(F)(F)F)c2)c1C. The van der Waals surface area contributed by atoms with Crippen LogP contribution in [0.15, 0.2) is 18.2 Å². The number of rotatable bonds is 2. The number of aromatic amines is 1. The fourth-order valence-corrected chi connectivity index (χ4v) is 1.87. The lowest BCUT2D eigenvalue weighted by Crippen LogP contribution is -2.17. The number of nitrogens with zero attached hydrogens (tertiary/aromatic N) is 1. The summed E-state index contributed by atoms with van der Waals surface area (Å²) in [4.78, 5) is 12.0. The van der Waals surface area contributed by atoms with Crippen LogP contribution in [0, 0.1) is 13.8 Å². The molecule has 0 aliphatic carbocycles. The molecular weight excluding hydrogens is 340 g/mol. The molecule has 0 aliphatic heterocycles. The number of nitrogens with one attached hydrogen (secondary N) is 2. The van der Waals surface area contributed by atoms with Crippen LogP contribution >= 0.6 is 0 Å². The number of H-pyrrole nitrogens is 1. The van der Waals surface area contributed by atoms with Crippen LogP contribution in [-0.4, -0.2) is 16.1 Å². The van der Waals surface area contributed by atoms with Crippen molar-refractivity contribution >= 4 is 11.7 Å². The van der Waals surface area contributed by atoms with E-state index in [2.05, 4.69) is 15.5 Å². The molecule has 1 heterocycles. The molecule has 2 rings (SSSR count). The number of carbonyl (C=O) groups is 1. The summed E-state index contributed by atoms with van der Waals surface area (Å²) in [6, 6.07) is 0.680. The summed E-state index contributed by atoms with van der Waals surface area (Å²) in [5.41, 5.74) is -2.76. The van der Waals surface area contributed by atoms with Gasteiger partial charge in [-0.1, -0.05) is 0 Å². The van der Waals surface area contributed by atoms with Crippen molar-refractivity contribution in [3.8, 4) is 0 Å². The van der Waals surface area contributed by atoms with Crippen LogP contribution in [0.4, 0.5) is 32.2 Å². The number of benzene rings is 1. The maximum atomic E-state index is 12.8. The lowest BCUT2D eigenvalue weighted by atomic mass is 10.0. The average molecular weight is 351 g/mol. The van der Waals surface area contributed by atoms with Crippen molar-refractivity contribution in [1.29, 1.82) is 0 Å². The number of halogens is 6. The van der Waals surface area contributed by atoms with Gasteiger partial charge in [0.05, 0.1) is 11.1 Å². The van der Waals surface area contributed by atoms with E-state index in [9.17, 15) is 31.1 Å². The van der Waals surface area contributed by atoms with Crippen molar-refractivity contribution < 1.29 is 31.1 Å². The third-order valence-electron chi connectivity index (χ3n) is 3.33. The van der Waals surface area contributed by atoms with E-state index in [1.54, 1.807) is 13.8 Å². The molecule has 2 aromatic rings. The first kappa shape index (κ1) is 17.8. The Hall–Kier alpha value is -2.52. The number of aromatic nitrogens is 2. The van der Waals surface area contributed by atoms with Gasteiger partial charge >= 0.3 is 12.4 Å². The molecule has 0 unspecified atom stereocenters. The van der Waals surface area contributed by atoms with Crippen LogP contribution in [0.2, 0.25) is 0 Å². The number of alkyl halides is 6. The smallest absolute Gasteiger partial charge is 0.305 e. The largest absolute Gasteiger partial charge is 0.416 e. The Balaban J connectivity index is 2.45. The first-order valence-electron chi connectivity index (χ1n) is 6.52. The fourth-order valence-electron chi connectivity index (χ4n) is 1.87. The van der Waals surface area contributed by atoms with Gasteiger partial charge in [-0.15, -0.1) is 0 Å². The summed E-state index contributed by atoms with van der Waals surface area (Å²) in [5, 5.41) is 8.45. The summed E-state index contributed by atoms with van der Waals surface area (Å²) in [5.74, 6) is -1.09. The Morgan fingerprint density at radius 3 is 1.88 bits per heavy atom. The van der Waals surface area contributed by atoms with E-state index in [0.29, 0.717) is 23.4 Å². The molecule has 24 heavy (non-hydrogen) atoms. The van der Waals surface area contributed by atoms with Gasteiger partial charge in [-0.25, -0.2) is 0 Å². The maximum Gasteiger partial charge on any atom is 0.416 e. The van der Waals surface area contributed by atoms with E-state index in [0.717, 1.165) is 0 Å². The molecule has 0 radical (unpaired) electrons. The second-order valence-corrected chi connectivity index (χ2v) is 5.07. The third-order valence-corrected chi connectivity index (χ3v) is 3.33. The highest BCUT2D eigenvalue weighted by atomic mass is 19.4. The van der Waals surface area contributed by atoms with Crippen molar-refractivity contribution in [1.82, 2.24) is 10.2 Å². The lowest BCUT2D eigenvalue weighted by molar-refractivity contribution is -0.143. The van der Waals surface area contributed by atoms with Crippen LogP contribution in [0.5, 0.6) is 0 Å². The quantitative estimate of drug-likeness (QED) is 0.792. The van der Waals surface area contributed by atoms with Crippen LogP contribution in [-0.2, 0) is 12.4 Å². The Kier molecular flexibility index (Phi) is 4.34. The summed E-state index contributed by atoms with van der Waals surface area (Å²) in [6.07, 6.45) is -10.0. The molecule has 0 saturated heterocycles. The topological polar surface area (TPSA) is 57.8 Å². The standard InChI is InChI=1S/C14H11F6N3O/c1-6-7(2)22-23-11(6)21-12(24)8-3-9(13(15,16)17)5-10(4-8)14(18,19)20/h3-5H,1-2H3,(H2,21,22,23,24). The molecule has 0 atom stereocenters. The van der Waals surface area contributed by atoms with Gasteiger partial charge in [0.1, 0.15) is 0 Å². The normalized spacial score (nSPS) is 12.3. The molecule has 130 valence electrons. The summed E-state index contributed by atoms with van der Waals surface area (Å²) < 4.78 is 76.7. The molecule has 1 aromatic heterocycles. The molecule has 2 N–H and O–H groups in total. The Labute approximate surface area is 131 Å². The van der Waals surface area contributed by atoms with E-state index < -0.39 is 35.0 Å².